The van der Waals surface area contributed by atoms with Crippen LogP contribution in [0.4, 0.5) is 10.5 Å². The van der Waals surface area contributed by atoms with Gasteiger partial charge < -0.3 is 19.5 Å². The van der Waals surface area contributed by atoms with E-state index in [-0.39, 0.29) is 6.09 Å². The van der Waals surface area contributed by atoms with Crippen LogP contribution in [-0.4, -0.2) is 54.8 Å². The van der Waals surface area contributed by atoms with E-state index < -0.39 is 5.60 Å². The van der Waals surface area contributed by atoms with Crippen LogP contribution >= 0.6 is 0 Å². The maximum Gasteiger partial charge on any atom is 0.410 e. The average molecular weight is 292 g/mol. The average Bonchev–Trinajstić information content (AvgIpc) is 2.46. The quantitative estimate of drug-likeness (QED) is 0.855. The first kappa shape index (κ1) is 15.4. The molecule has 6 heteroatoms. The van der Waals surface area contributed by atoms with E-state index in [1.165, 1.54) is 0 Å². The number of ether oxygens (including phenoxy) is 1. The zero-order valence-electron chi connectivity index (χ0n) is 13.2. The first-order valence-corrected chi connectivity index (χ1v) is 7.23. The highest BCUT2D eigenvalue weighted by atomic mass is 16.6. The second-order valence-electron chi connectivity index (χ2n) is 6.11. The topological polar surface area (TPSA) is 60.9 Å². The molecule has 0 spiro atoms. The van der Waals surface area contributed by atoms with Crippen LogP contribution in [-0.2, 0) is 4.74 Å². The molecule has 0 atom stereocenters. The number of pyridine rings is 1. The number of hydrogen-bond donors (Lipinski definition) is 1. The third-order valence-corrected chi connectivity index (χ3v) is 3.31. The second kappa shape index (κ2) is 6.20. The van der Waals surface area contributed by atoms with Gasteiger partial charge in [-0.25, -0.2) is 4.79 Å². The predicted octanol–water partition coefficient (Wildman–Crippen LogP) is 1.60. The minimum absolute atomic E-state index is 0.229. The molecule has 1 amide bonds. The molecular formula is C15H24N4O2. The van der Waals surface area contributed by atoms with Gasteiger partial charge in [0.15, 0.2) is 0 Å². The summed E-state index contributed by atoms with van der Waals surface area (Å²) in [4.78, 5) is 23.3. The third kappa shape index (κ3) is 4.24. The van der Waals surface area contributed by atoms with Gasteiger partial charge in [-0.3, -0.25) is 4.99 Å². The van der Waals surface area contributed by atoms with E-state index in [1.54, 1.807) is 11.9 Å². The number of nitrogens with zero attached hydrogens (tertiary/aromatic N) is 3. The first-order valence-electron chi connectivity index (χ1n) is 7.23. The molecule has 21 heavy (non-hydrogen) atoms. The van der Waals surface area contributed by atoms with E-state index in [0.29, 0.717) is 13.1 Å². The van der Waals surface area contributed by atoms with Gasteiger partial charge in [0, 0.05) is 51.2 Å². The molecule has 0 aromatic carbocycles. The van der Waals surface area contributed by atoms with E-state index in [4.69, 9.17) is 4.74 Å². The van der Waals surface area contributed by atoms with Crippen molar-refractivity contribution in [2.24, 2.45) is 4.99 Å². The highest BCUT2D eigenvalue weighted by Gasteiger charge is 2.25. The second-order valence-corrected chi connectivity index (χ2v) is 6.11. The molecule has 0 radical (unpaired) electrons. The van der Waals surface area contributed by atoms with E-state index in [9.17, 15) is 4.79 Å². The SMILES string of the molecule is C/N=c1/cc(N2CCN(C(=O)OC(C)(C)C)CC2)cc[nH]1. The number of nitrogens with one attached hydrogen (secondary N) is 1. The molecule has 2 heterocycles. The van der Waals surface area contributed by atoms with Crippen molar-refractivity contribution < 1.29 is 9.53 Å². The lowest BCUT2D eigenvalue weighted by atomic mass is 10.2. The molecule has 0 saturated carbocycles. The Morgan fingerprint density at radius 1 is 1.29 bits per heavy atom. The monoisotopic (exact) mass is 292 g/mol. The van der Waals surface area contributed by atoms with Gasteiger partial charge in [0.2, 0.25) is 0 Å². The Morgan fingerprint density at radius 3 is 2.52 bits per heavy atom. The Morgan fingerprint density at radius 2 is 1.95 bits per heavy atom. The Bertz CT molecular complexity index is 551. The van der Waals surface area contributed by atoms with Gasteiger partial charge in [-0.15, -0.1) is 0 Å². The molecule has 1 aliphatic heterocycles. The number of anilines is 1. The van der Waals surface area contributed by atoms with Crippen LogP contribution in [0, 0.1) is 0 Å². The number of H-pyrrole nitrogens is 1. The lowest BCUT2D eigenvalue weighted by Gasteiger charge is -2.36. The molecule has 0 aliphatic carbocycles. The number of aromatic nitrogens is 1. The molecule has 1 aliphatic rings. The molecule has 0 unspecified atom stereocenters. The number of amides is 1. The number of hydrogen-bond acceptors (Lipinski definition) is 4. The van der Waals surface area contributed by atoms with Gasteiger partial charge in [0.1, 0.15) is 11.1 Å². The summed E-state index contributed by atoms with van der Waals surface area (Å²) in [5.41, 5.74) is 1.53. The normalized spacial score (nSPS) is 17.0. The Labute approximate surface area is 125 Å². The Balaban J connectivity index is 1.95. The van der Waals surface area contributed by atoms with Crippen molar-refractivity contribution in [1.29, 1.82) is 0 Å². The van der Waals surface area contributed by atoms with E-state index in [2.05, 4.69) is 14.9 Å². The van der Waals surface area contributed by atoms with Gasteiger partial charge in [-0.05, 0) is 26.8 Å². The number of carbonyl (C=O) groups excluding carboxylic acids is 1. The van der Waals surface area contributed by atoms with Crippen LogP contribution in [0.15, 0.2) is 23.3 Å². The molecule has 1 aromatic rings. The van der Waals surface area contributed by atoms with E-state index in [0.717, 1.165) is 24.3 Å². The van der Waals surface area contributed by atoms with Crippen molar-refractivity contribution in [1.82, 2.24) is 9.88 Å². The van der Waals surface area contributed by atoms with Crippen LogP contribution in [0.25, 0.3) is 0 Å². The fourth-order valence-electron chi connectivity index (χ4n) is 2.24. The van der Waals surface area contributed by atoms with Crippen LogP contribution < -0.4 is 10.4 Å². The maximum absolute atomic E-state index is 12.0. The lowest BCUT2D eigenvalue weighted by molar-refractivity contribution is 0.0240. The third-order valence-electron chi connectivity index (χ3n) is 3.31. The molecule has 116 valence electrons. The zero-order chi connectivity index (χ0) is 15.5. The summed E-state index contributed by atoms with van der Waals surface area (Å²) < 4.78 is 5.40. The van der Waals surface area contributed by atoms with Crippen molar-refractivity contribution in [2.75, 3.05) is 38.1 Å². The molecule has 6 nitrogen and oxygen atoms in total. The van der Waals surface area contributed by atoms with Gasteiger partial charge in [-0.1, -0.05) is 0 Å². The highest BCUT2D eigenvalue weighted by Crippen LogP contribution is 2.16. The fraction of sp³-hybridized carbons (Fsp3) is 0.600. The summed E-state index contributed by atoms with van der Waals surface area (Å²) in [6.45, 7) is 8.60. The van der Waals surface area contributed by atoms with Crippen molar-refractivity contribution in [2.45, 2.75) is 26.4 Å². The van der Waals surface area contributed by atoms with Crippen LogP contribution in [0.3, 0.4) is 0 Å². The number of carbonyl (C=O) groups is 1. The van der Waals surface area contributed by atoms with Gasteiger partial charge >= 0.3 is 6.09 Å². The fourth-order valence-corrected chi connectivity index (χ4v) is 2.24. The number of aromatic amines is 1. The summed E-state index contributed by atoms with van der Waals surface area (Å²) in [6.07, 6.45) is 1.66. The van der Waals surface area contributed by atoms with Gasteiger partial charge in [0.25, 0.3) is 0 Å². The summed E-state index contributed by atoms with van der Waals surface area (Å²) in [5, 5.41) is 0. The molecule has 1 N–H and O–H groups in total. The first-order chi connectivity index (χ1) is 9.89. The Hall–Kier alpha value is -1.98. The molecule has 2 rings (SSSR count). The highest BCUT2D eigenvalue weighted by molar-refractivity contribution is 5.68. The number of piperazine rings is 1. The molecule has 1 saturated heterocycles. The van der Waals surface area contributed by atoms with Crippen molar-refractivity contribution in [3.8, 4) is 0 Å². The standard InChI is InChI=1S/C15H24N4O2/c1-15(2,3)21-14(20)19-9-7-18(8-10-19)12-5-6-17-13(11-12)16-4/h5-6,11H,7-10H2,1-4H3,(H,16,17). The maximum atomic E-state index is 12.0. The molecule has 0 bridgehead atoms. The van der Waals surface area contributed by atoms with E-state index in [1.807, 2.05) is 39.1 Å². The zero-order valence-corrected chi connectivity index (χ0v) is 13.2. The van der Waals surface area contributed by atoms with Crippen LogP contribution in [0.2, 0.25) is 0 Å². The van der Waals surface area contributed by atoms with Crippen molar-refractivity contribution in [3.63, 3.8) is 0 Å². The van der Waals surface area contributed by atoms with Gasteiger partial charge in [0.05, 0.1) is 0 Å². The van der Waals surface area contributed by atoms with E-state index >= 15 is 0 Å². The molecule has 1 fully saturated rings. The predicted molar refractivity (Wildman–Crippen MR) is 82.3 cm³/mol. The molecular weight excluding hydrogens is 268 g/mol. The van der Waals surface area contributed by atoms with Crippen LogP contribution in [0.1, 0.15) is 20.8 Å². The Kier molecular flexibility index (Phi) is 4.55. The minimum atomic E-state index is -0.443. The van der Waals surface area contributed by atoms with Crippen molar-refractivity contribution >= 4 is 11.8 Å². The van der Waals surface area contributed by atoms with Crippen LogP contribution in [0.5, 0.6) is 0 Å². The van der Waals surface area contributed by atoms with Gasteiger partial charge in [-0.2, -0.15) is 0 Å². The summed E-state index contributed by atoms with van der Waals surface area (Å²) in [6, 6.07) is 4.04. The summed E-state index contributed by atoms with van der Waals surface area (Å²) >= 11 is 0. The van der Waals surface area contributed by atoms with Crippen molar-refractivity contribution in [3.05, 3.63) is 23.8 Å². The summed E-state index contributed by atoms with van der Waals surface area (Å²) in [7, 11) is 1.76. The minimum Gasteiger partial charge on any atom is -0.444 e. The smallest absolute Gasteiger partial charge is 0.410 e. The largest absolute Gasteiger partial charge is 0.444 e. The number of rotatable bonds is 1. The summed E-state index contributed by atoms with van der Waals surface area (Å²) in [5.74, 6) is 0. The molecule has 1 aromatic heterocycles. The lowest BCUT2D eigenvalue weighted by Crippen LogP contribution is -2.50.